The van der Waals surface area contributed by atoms with E-state index < -0.39 is 0 Å². The molecule has 1 aromatic rings. The molecule has 1 heterocycles. The summed E-state index contributed by atoms with van der Waals surface area (Å²) in [6.07, 6.45) is 0. The zero-order valence-electron chi connectivity index (χ0n) is 11.9. The first kappa shape index (κ1) is 16.1. The van der Waals surface area contributed by atoms with Crippen molar-refractivity contribution in [2.45, 2.75) is 27.3 Å². The molecule has 5 nitrogen and oxygen atoms in total. The predicted molar refractivity (Wildman–Crippen MR) is 78.2 cm³/mol. The zero-order chi connectivity index (χ0) is 14.3. The average Bonchev–Trinajstić information content (AvgIpc) is 2.78. The number of likely N-dealkylation sites (N-methyl/N-ethyl adjacent to an activating group) is 1. The molecular formula is C13H23N3O2S. The molecule has 1 aromatic heterocycles. The van der Waals surface area contributed by atoms with Gasteiger partial charge in [0.1, 0.15) is 0 Å². The molecule has 0 saturated heterocycles. The van der Waals surface area contributed by atoms with Gasteiger partial charge in [0.2, 0.25) is 0 Å². The lowest BCUT2D eigenvalue weighted by Crippen LogP contribution is -2.29. The summed E-state index contributed by atoms with van der Waals surface area (Å²) in [7, 11) is 0. The molecule has 0 aliphatic heterocycles. The maximum absolute atomic E-state index is 11.5. The number of carbonyl (C=O) groups excluding carboxylic acids is 1. The lowest BCUT2D eigenvalue weighted by Gasteiger charge is -2.20. The molecule has 0 radical (unpaired) electrons. The Bertz CT molecular complexity index is 407. The summed E-state index contributed by atoms with van der Waals surface area (Å²) >= 11 is 1.48. The third-order valence-electron chi connectivity index (χ3n) is 2.97. The van der Waals surface area contributed by atoms with Gasteiger partial charge in [0.05, 0.1) is 11.5 Å². The van der Waals surface area contributed by atoms with E-state index in [0.29, 0.717) is 4.88 Å². The number of nitrogen functional groups attached to an aromatic ring is 1. The van der Waals surface area contributed by atoms with E-state index in [4.69, 9.17) is 10.6 Å². The van der Waals surface area contributed by atoms with Crippen LogP contribution in [0, 0.1) is 6.92 Å². The van der Waals surface area contributed by atoms with Gasteiger partial charge >= 0.3 is 0 Å². The molecule has 1 rings (SSSR count). The first-order valence-electron chi connectivity index (χ1n) is 6.52. The van der Waals surface area contributed by atoms with Crippen LogP contribution in [0.4, 0.5) is 0 Å². The predicted octanol–water partition coefficient (Wildman–Crippen LogP) is 1.52. The van der Waals surface area contributed by atoms with Crippen molar-refractivity contribution < 1.29 is 9.53 Å². The smallest absolute Gasteiger partial charge is 0.275 e. The van der Waals surface area contributed by atoms with Crippen molar-refractivity contribution in [1.82, 2.24) is 10.3 Å². The third-order valence-corrected chi connectivity index (χ3v) is 4.06. The zero-order valence-corrected chi connectivity index (χ0v) is 12.7. The van der Waals surface area contributed by atoms with Gasteiger partial charge in [0, 0.05) is 24.6 Å². The number of aryl methyl sites for hydroxylation is 1. The van der Waals surface area contributed by atoms with Gasteiger partial charge < -0.3 is 4.74 Å². The highest BCUT2D eigenvalue weighted by Crippen LogP contribution is 2.22. The van der Waals surface area contributed by atoms with Crippen molar-refractivity contribution in [3.05, 3.63) is 21.4 Å². The standard InChI is InChI=1S/C13H23N3O2S/c1-4-16(6-7-18-5-2)9-11-8-12(13(17)15-14)19-10(11)3/h8H,4-7,9,14H2,1-3H3,(H,15,17). The molecule has 0 aliphatic carbocycles. The number of carbonyl (C=O) groups is 1. The summed E-state index contributed by atoms with van der Waals surface area (Å²) < 4.78 is 5.37. The van der Waals surface area contributed by atoms with Crippen molar-refractivity contribution >= 4 is 17.2 Å². The molecule has 0 spiro atoms. The van der Waals surface area contributed by atoms with Crippen LogP contribution >= 0.6 is 11.3 Å². The van der Waals surface area contributed by atoms with Gasteiger partial charge in [0.15, 0.2) is 0 Å². The van der Waals surface area contributed by atoms with Gasteiger partial charge in [-0.25, -0.2) is 5.84 Å². The third kappa shape index (κ3) is 4.91. The Kier molecular flexibility index (Phi) is 7.01. The van der Waals surface area contributed by atoms with Crippen LogP contribution < -0.4 is 11.3 Å². The minimum atomic E-state index is -0.225. The Balaban J connectivity index is 2.63. The Morgan fingerprint density at radius 1 is 1.53 bits per heavy atom. The first-order chi connectivity index (χ1) is 9.12. The second kappa shape index (κ2) is 8.27. The topological polar surface area (TPSA) is 67.6 Å². The van der Waals surface area contributed by atoms with Crippen LogP contribution in [0.2, 0.25) is 0 Å². The monoisotopic (exact) mass is 285 g/mol. The Morgan fingerprint density at radius 3 is 2.84 bits per heavy atom. The number of hydrogen-bond donors (Lipinski definition) is 2. The van der Waals surface area contributed by atoms with Crippen molar-refractivity contribution in [2.24, 2.45) is 5.84 Å². The van der Waals surface area contributed by atoms with Crippen molar-refractivity contribution in [2.75, 3.05) is 26.3 Å². The van der Waals surface area contributed by atoms with E-state index in [0.717, 1.165) is 37.7 Å². The molecule has 3 N–H and O–H groups in total. The Labute approximate surface area is 118 Å². The lowest BCUT2D eigenvalue weighted by atomic mass is 10.2. The van der Waals surface area contributed by atoms with Gasteiger partial charge in [0.25, 0.3) is 5.91 Å². The van der Waals surface area contributed by atoms with Gasteiger partial charge in [-0.2, -0.15) is 0 Å². The fourth-order valence-corrected chi connectivity index (χ4v) is 2.72. The molecule has 0 aromatic carbocycles. The Hall–Kier alpha value is -0.950. The van der Waals surface area contributed by atoms with Gasteiger partial charge in [-0.05, 0) is 32.0 Å². The number of nitrogens with zero attached hydrogens (tertiary/aromatic N) is 1. The normalized spacial score (nSPS) is 11.0. The number of ether oxygens (including phenoxy) is 1. The molecule has 0 unspecified atom stereocenters. The number of amides is 1. The van der Waals surface area contributed by atoms with Crippen molar-refractivity contribution in [3.8, 4) is 0 Å². The van der Waals surface area contributed by atoms with Crippen LogP contribution in [0.5, 0.6) is 0 Å². The van der Waals surface area contributed by atoms with E-state index in [2.05, 4.69) is 17.2 Å². The summed E-state index contributed by atoms with van der Waals surface area (Å²) in [6.45, 7) is 10.3. The number of hydrazine groups is 1. The molecular weight excluding hydrogens is 262 g/mol. The highest BCUT2D eigenvalue weighted by molar-refractivity contribution is 7.14. The summed E-state index contributed by atoms with van der Waals surface area (Å²) in [4.78, 5) is 15.6. The first-order valence-corrected chi connectivity index (χ1v) is 7.34. The fourth-order valence-electron chi connectivity index (χ4n) is 1.79. The number of nitrogens with two attached hydrogens (primary N) is 1. The van der Waals surface area contributed by atoms with Crippen LogP contribution in [0.15, 0.2) is 6.07 Å². The van der Waals surface area contributed by atoms with E-state index in [1.165, 1.54) is 16.9 Å². The Morgan fingerprint density at radius 2 is 2.26 bits per heavy atom. The van der Waals surface area contributed by atoms with Crippen LogP contribution in [0.1, 0.15) is 34.0 Å². The number of rotatable bonds is 8. The molecule has 0 saturated carbocycles. The maximum Gasteiger partial charge on any atom is 0.275 e. The van der Waals surface area contributed by atoms with E-state index >= 15 is 0 Å². The highest BCUT2D eigenvalue weighted by Gasteiger charge is 2.13. The fraction of sp³-hybridized carbons (Fsp3) is 0.615. The van der Waals surface area contributed by atoms with E-state index in [1.807, 2.05) is 19.9 Å². The number of nitrogens with one attached hydrogen (secondary N) is 1. The van der Waals surface area contributed by atoms with Crippen LogP contribution in [-0.2, 0) is 11.3 Å². The molecule has 19 heavy (non-hydrogen) atoms. The summed E-state index contributed by atoms with van der Waals surface area (Å²) in [5, 5.41) is 0. The minimum Gasteiger partial charge on any atom is -0.380 e. The quantitative estimate of drug-likeness (QED) is 0.329. The summed E-state index contributed by atoms with van der Waals surface area (Å²) in [6, 6.07) is 1.92. The maximum atomic E-state index is 11.5. The molecule has 1 amide bonds. The molecule has 0 bridgehead atoms. The van der Waals surface area contributed by atoms with Gasteiger partial charge in [-0.3, -0.25) is 15.1 Å². The van der Waals surface area contributed by atoms with Gasteiger partial charge in [-0.1, -0.05) is 6.92 Å². The second-order valence-corrected chi connectivity index (χ2v) is 5.49. The number of thiophene rings is 1. The van der Waals surface area contributed by atoms with E-state index in [9.17, 15) is 4.79 Å². The lowest BCUT2D eigenvalue weighted by molar-refractivity contribution is 0.0957. The molecule has 0 aliphatic rings. The van der Waals surface area contributed by atoms with Crippen molar-refractivity contribution in [1.29, 1.82) is 0 Å². The van der Waals surface area contributed by atoms with Crippen LogP contribution in [0.3, 0.4) is 0 Å². The second-order valence-electron chi connectivity index (χ2n) is 4.23. The molecule has 6 heteroatoms. The SMILES string of the molecule is CCOCCN(CC)Cc1cc(C(=O)NN)sc1C. The minimum absolute atomic E-state index is 0.225. The van der Waals surface area contributed by atoms with Crippen molar-refractivity contribution in [3.63, 3.8) is 0 Å². The summed E-state index contributed by atoms with van der Waals surface area (Å²) in [5.74, 6) is 4.93. The molecule has 0 atom stereocenters. The van der Waals surface area contributed by atoms with Gasteiger partial charge in [-0.15, -0.1) is 11.3 Å². The molecule has 108 valence electrons. The summed E-state index contributed by atoms with van der Waals surface area (Å²) in [5.41, 5.74) is 3.35. The van der Waals surface area contributed by atoms with Crippen LogP contribution in [0.25, 0.3) is 0 Å². The molecule has 0 fully saturated rings. The number of hydrogen-bond acceptors (Lipinski definition) is 5. The van der Waals surface area contributed by atoms with E-state index in [1.54, 1.807) is 0 Å². The highest BCUT2D eigenvalue weighted by atomic mass is 32.1. The largest absolute Gasteiger partial charge is 0.380 e. The van der Waals surface area contributed by atoms with E-state index in [-0.39, 0.29) is 5.91 Å². The average molecular weight is 285 g/mol. The van der Waals surface area contributed by atoms with Crippen LogP contribution in [-0.4, -0.2) is 37.1 Å².